The highest BCUT2D eigenvalue weighted by atomic mass is 35.5. The average Bonchev–Trinajstić information content (AvgIpc) is 2.86. The van der Waals surface area contributed by atoms with Gasteiger partial charge in [-0.05, 0) is 31.5 Å². The molecule has 2 aromatic rings. The summed E-state index contributed by atoms with van der Waals surface area (Å²) in [5, 5.41) is 10.2. The predicted octanol–water partition coefficient (Wildman–Crippen LogP) is 2.98. The van der Waals surface area contributed by atoms with Gasteiger partial charge in [-0.1, -0.05) is 53.6 Å². The van der Waals surface area contributed by atoms with Crippen LogP contribution in [-0.4, -0.2) is 40.1 Å². The van der Waals surface area contributed by atoms with Crippen LogP contribution >= 0.6 is 11.6 Å². The molecule has 1 heterocycles. The molecule has 3 unspecified atom stereocenters. The third-order valence-corrected chi connectivity index (χ3v) is 4.91. The lowest BCUT2D eigenvalue weighted by Gasteiger charge is -2.28. The van der Waals surface area contributed by atoms with Crippen LogP contribution in [0, 0.1) is 12.8 Å². The highest BCUT2D eigenvalue weighted by Gasteiger charge is 2.51. The van der Waals surface area contributed by atoms with Gasteiger partial charge < -0.3 is 10.0 Å². The molecule has 0 bridgehead atoms. The fourth-order valence-corrected chi connectivity index (χ4v) is 3.63. The Morgan fingerprint density at radius 2 is 1.85 bits per heavy atom. The van der Waals surface area contributed by atoms with Crippen LogP contribution < -0.4 is 0 Å². The number of ketones is 2. The Hall–Kier alpha value is -2.50. The zero-order chi connectivity index (χ0) is 19.7. The van der Waals surface area contributed by atoms with E-state index in [-0.39, 0.29) is 6.54 Å². The highest BCUT2D eigenvalue weighted by molar-refractivity contribution is 6.44. The molecule has 27 heavy (non-hydrogen) atoms. The molecule has 5 nitrogen and oxygen atoms in total. The van der Waals surface area contributed by atoms with E-state index in [0.29, 0.717) is 16.1 Å². The number of aliphatic hydroxyl groups is 1. The van der Waals surface area contributed by atoms with Crippen LogP contribution in [0.3, 0.4) is 0 Å². The van der Waals surface area contributed by atoms with Crippen LogP contribution in [0.1, 0.15) is 34.5 Å². The first-order valence-corrected chi connectivity index (χ1v) is 9.06. The van der Waals surface area contributed by atoms with Crippen molar-refractivity contribution in [1.82, 2.24) is 4.90 Å². The summed E-state index contributed by atoms with van der Waals surface area (Å²) in [6.45, 7) is 3.39. The molecule has 3 rings (SSSR count). The second-order valence-electron chi connectivity index (χ2n) is 6.88. The molecule has 3 atom stereocenters. The maximum atomic E-state index is 13.1. The molecular weight excluding hydrogens is 366 g/mol. The van der Waals surface area contributed by atoms with Crippen molar-refractivity contribution in [3.05, 3.63) is 70.2 Å². The minimum atomic E-state index is -1.17. The highest BCUT2D eigenvalue weighted by Crippen LogP contribution is 2.39. The first-order chi connectivity index (χ1) is 12.8. The van der Waals surface area contributed by atoms with E-state index in [9.17, 15) is 19.5 Å². The maximum absolute atomic E-state index is 13.1. The van der Waals surface area contributed by atoms with Crippen molar-refractivity contribution in [3.63, 3.8) is 0 Å². The minimum absolute atomic E-state index is 0.0422. The number of halogens is 1. The lowest BCUT2D eigenvalue weighted by Crippen LogP contribution is -2.36. The number of aryl methyl sites for hydroxylation is 1. The molecule has 1 amide bonds. The van der Waals surface area contributed by atoms with Crippen LogP contribution in [0.4, 0.5) is 0 Å². The molecule has 6 heteroatoms. The van der Waals surface area contributed by atoms with Gasteiger partial charge in [-0.3, -0.25) is 14.4 Å². The number of benzene rings is 2. The summed E-state index contributed by atoms with van der Waals surface area (Å²) in [6, 6.07) is 12.8. The monoisotopic (exact) mass is 385 g/mol. The van der Waals surface area contributed by atoms with Crippen molar-refractivity contribution < 1.29 is 19.5 Å². The largest absolute Gasteiger partial charge is 0.392 e. The fourth-order valence-electron chi connectivity index (χ4n) is 3.43. The first-order valence-electron chi connectivity index (χ1n) is 8.69. The molecule has 1 fully saturated rings. The van der Waals surface area contributed by atoms with E-state index in [1.807, 2.05) is 6.92 Å². The Bertz CT molecular complexity index is 891. The summed E-state index contributed by atoms with van der Waals surface area (Å²) < 4.78 is 0. The number of carbonyl (C=O) groups excluding carboxylic acids is 3. The second kappa shape index (κ2) is 7.62. The van der Waals surface area contributed by atoms with Crippen molar-refractivity contribution in [2.75, 3.05) is 6.54 Å². The number of hydrogen-bond donors (Lipinski definition) is 1. The Morgan fingerprint density at radius 1 is 1.19 bits per heavy atom. The molecular formula is C21H20ClNO4. The van der Waals surface area contributed by atoms with E-state index in [0.717, 1.165) is 5.56 Å². The van der Waals surface area contributed by atoms with Gasteiger partial charge in [0.25, 0.3) is 5.91 Å². The van der Waals surface area contributed by atoms with Gasteiger partial charge >= 0.3 is 0 Å². The Kier molecular flexibility index (Phi) is 5.44. The number of likely N-dealkylation sites (tertiary alicyclic amines) is 1. The van der Waals surface area contributed by atoms with Gasteiger partial charge in [-0.2, -0.15) is 0 Å². The lowest BCUT2D eigenvalue weighted by molar-refractivity contribution is -0.141. The smallest absolute Gasteiger partial charge is 0.291 e. The molecule has 0 radical (unpaired) electrons. The zero-order valence-electron chi connectivity index (χ0n) is 15.1. The summed E-state index contributed by atoms with van der Waals surface area (Å²) in [7, 11) is 0. The Balaban J connectivity index is 2.08. The molecule has 1 aliphatic rings. The van der Waals surface area contributed by atoms with Crippen molar-refractivity contribution in [3.8, 4) is 0 Å². The van der Waals surface area contributed by atoms with Gasteiger partial charge in [-0.25, -0.2) is 0 Å². The fraction of sp³-hybridized carbons (Fsp3) is 0.286. The minimum Gasteiger partial charge on any atom is -0.392 e. The quantitative estimate of drug-likeness (QED) is 0.487. The molecule has 0 spiro atoms. The second-order valence-corrected chi connectivity index (χ2v) is 7.32. The van der Waals surface area contributed by atoms with E-state index >= 15 is 0 Å². The molecule has 1 N–H and O–H groups in total. The van der Waals surface area contributed by atoms with Crippen LogP contribution in [-0.2, 0) is 9.59 Å². The van der Waals surface area contributed by atoms with Gasteiger partial charge in [-0.15, -0.1) is 0 Å². The summed E-state index contributed by atoms with van der Waals surface area (Å²) in [4.78, 5) is 39.7. The first kappa shape index (κ1) is 19.3. The Labute approximate surface area is 162 Å². The SMILES string of the molecule is Cc1ccc(C(=O)C2C(=O)C(=O)N(CC(C)O)C2c2cccc(Cl)c2)cc1. The van der Waals surface area contributed by atoms with Gasteiger partial charge in [0.2, 0.25) is 5.78 Å². The molecule has 1 saturated heterocycles. The maximum Gasteiger partial charge on any atom is 0.291 e. The van der Waals surface area contributed by atoms with Gasteiger partial charge in [0, 0.05) is 17.1 Å². The number of rotatable bonds is 5. The molecule has 0 saturated carbocycles. The number of nitrogens with zero attached hydrogens (tertiary/aromatic N) is 1. The molecule has 0 aliphatic carbocycles. The zero-order valence-corrected chi connectivity index (χ0v) is 15.8. The number of amides is 1. The van der Waals surface area contributed by atoms with Gasteiger partial charge in [0.05, 0.1) is 12.1 Å². The van der Waals surface area contributed by atoms with E-state index in [1.165, 1.54) is 11.8 Å². The van der Waals surface area contributed by atoms with Crippen molar-refractivity contribution in [1.29, 1.82) is 0 Å². The summed E-state index contributed by atoms with van der Waals surface area (Å²) in [6.07, 6.45) is -0.836. The topological polar surface area (TPSA) is 74.7 Å². The van der Waals surface area contributed by atoms with Crippen molar-refractivity contribution in [2.45, 2.75) is 26.0 Å². The molecule has 0 aromatic heterocycles. The average molecular weight is 386 g/mol. The Morgan fingerprint density at radius 3 is 2.44 bits per heavy atom. The van der Waals surface area contributed by atoms with Crippen LogP contribution in [0.15, 0.2) is 48.5 Å². The predicted molar refractivity (Wildman–Crippen MR) is 102 cm³/mol. The van der Waals surface area contributed by atoms with Gasteiger partial charge in [0.15, 0.2) is 5.78 Å². The van der Waals surface area contributed by atoms with Crippen molar-refractivity contribution in [2.24, 2.45) is 5.92 Å². The molecule has 2 aromatic carbocycles. The van der Waals surface area contributed by atoms with E-state index in [1.54, 1.807) is 48.5 Å². The van der Waals surface area contributed by atoms with E-state index in [2.05, 4.69) is 0 Å². The van der Waals surface area contributed by atoms with E-state index < -0.39 is 35.5 Å². The third-order valence-electron chi connectivity index (χ3n) is 4.68. The van der Waals surface area contributed by atoms with Crippen LogP contribution in [0.2, 0.25) is 5.02 Å². The van der Waals surface area contributed by atoms with Crippen molar-refractivity contribution >= 4 is 29.1 Å². The van der Waals surface area contributed by atoms with E-state index in [4.69, 9.17) is 11.6 Å². The van der Waals surface area contributed by atoms with Gasteiger partial charge in [0.1, 0.15) is 5.92 Å². The molecule has 140 valence electrons. The lowest BCUT2D eigenvalue weighted by atomic mass is 9.86. The normalized spacial score (nSPS) is 20.8. The van der Waals surface area contributed by atoms with Crippen LogP contribution in [0.5, 0.6) is 0 Å². The number of β-amino-alcohol motifs (C(OH)–C–C–N with tert-alkyl or cyclic N) is 1. The van der Waals surface area contributed by atoms with Crippen LogP contribution in [0.25, 0.3) is 0 Å². The third kappa shape index (κ3) is 3.80. The summed E-state index contributed by atoms with van der Waals surface area (Å²) in [5.41, 5.74) is 1.95. The number of carbonyl (C=O) groups is 3. The number of aliphatic hydroxyl groups excluding tert-OH is 1. The molecule has 1 aliphatic heterocycles. The number of hydrogen-bond acceptors (Lipinski definition) is 4. The number of Topliss-reactive ketones (excluding diaryl/α,β-unsaturated/α-hetero) is 2. The summed E-state index contributed by atoms with van der Waals surface area (Å²) in [5.74, 6) is -3.10. The standard InChI is InChI=1S/C21H20ClNO4/c1-12-6-8-14(9-7-12)19(25)17-18(15-4-3-5-16(22)10-15)23(11-13(2)24)21(27)20(17)26/h3-10,13,17-18,24H,11H2,1-2H3. The summed E-state index contributed by atoms with van der Waals surface area (Å²) >= 11 is 6.09.